The summed E-state index contributed by atoms with van der Waals surface area (Å²) in [6.07, 6.45) is 0. The minimum Gasteiger partial charge on any atom is -0.475 e. The second-order valence-corrected chi connectivity index (χ2v) is 2.90. The molecule has 0 radical (unpaired) electrons. The molecular formula is C10H5FO4. The fourth-order valence-corrected chi connectivity index (χ4v) is 1.28. The lowest BCUT2D eigenvalue weighted by Crippen LogP contribution is -2.06. The average Bonchev–Trinajstić information content (AvgIpc) is 2.19. The molecule has 1 aromatic carbocycles. The van der Waals surface area contributed by atoms with Crippen LogP contribution in [0, 0.1) is 5.82 Å². The van der Waals surface area contributed by atoms with Crippen molar-refractivity contribution in [1.29, 1.82) is 0 Å². The van der Waals surface area contributed by atoms with Crippen LogP contribution in [-0.2, 0) is 0 Å². The molecule has 0 bridgehead atoms. The molecular weight excluding hydrogens is 203 g/mol. The summed E-state index contributed by atoms with van der Waals surface area (Å²) in [5.41, 5.74) is -0.857. The van der Waals surface area contributed by atoms with E-state index in [-0.39, 0.29) is 10.8 Å². The van der Waals surface area contributed by atoms with Crippen molar-refractivity contribution in [3.8, 4) is 0 Å². The molecule has 0 spiro atoms. The first-order chi connectivity index (χ1) is 7.09. The van der Waals surface area contributed by atoms with E-state index in [0.29, 0.717) is 0 Å². The van der Waals surface area contributed by atoms with Gasteiger partial charge in [-0.25, -0.2) is 14.0 Å². The van der Waals surface area contributed by atoms with Gasteiger partial charge in [-0.2, -0.15) is 0 Å². The van der Waals surface area contributed by atoms with Crippen LogP contribution in [0.4, 0.5) is 4.39 Å². The Morgan fingerprint density at radius 1 is 1.33 bits per heavy atom. The Hall–Kier alpha value is -2.17. The van der Waals surface area contributed by atoms with Gasteiger partial charge in [-0.1, -0.05) is 6.07 Å². The molecule has 15 heavy (non-hydrogen) atoms. The number of carboxylic acids is 1. The molecule has 1 aromatic heterocycles. The molecule has 0 amide bonds. The lowest BCUT2D eigenvalue weighted by Gasteiger charge is -1.98. The molecule has 0 atom stereocenters. The van der Waals surface area contributed by atoms with Gasteiger partial charge in [0.2, 0.25) is 5.76 Å². The first-order valence-electron chi connectivity index (χ1n) is 4.05. The molecule has 4 nitrogen and oxygen atoms in total. The van der Waals surface area contributed by atoms with E-state index < -0.39 is 23.2 Å². The third-order valence-corrected chi connectivity index (χ3v) is 1.96. The van der Waals surface area contributed by atoms with Crippen molar-refractivity contribution in [2.45, 2.75) is 0 Å². The second kappa shape index (κ2) is 3.20. The first-order valence-corrected chi connectivity index (χ1v) is 4.05. The van der Waals surface area contributed by atoms with Crippen LogP contribution in [0.1, 0.15) is 10.6 Å². The summed E-state index contributed by atoms with van der Waals surface area (Å²) in [7, 11) is 0. The third kappa shape index (κ3) is 1.48. The maximum absolute atomic E-state index is 13.2. The highest BCUT2D eigenvalue weighted by atomic mass is 19.1. The zero-order valence-corrected chi connectivity index (χ0v) is 7.36. The Kier molecular flexibility index (Phi) is 2.00. The number of carbonyl (C=O) groups is 1. The standard InChI is InChI=1S/C10H5FO4/c11-7-3-1-2-5-6(7)4-8(9(12)13)15-10(5)14/h1-4H,(H,12,13). The Morgan fingerprint density at radius 3 is 2.73 bits per heavy atom. The van der Waals surface area contributed by atoms with Crippen molar-refractivity contribution in [2.24, 2.45) is 0 Å². The first kappa shape index (κ1) is 9.39. The van der Waals surface area contributed by atoms with Crippen LogP contribution < -0.4 is 5.63 Å². The van der Waals surface area contributed by atoms with Crippen LogP contribution in [0.25, 0.3) is 10.8 Å². The van der Waals surface area contributed by atoms with Crippen LogP contribution >= 0.6 is 0 Å². The van der Waals surface area contributed by atoms with Crippen LogP contribution in [0.15, 0.2) is 33.5 Å². The summed E-state index contributed by atoms with van der Waals surface area (Å²) in [5.74, 6) is -2.63. The van der Waals surface area contributed by atoms with Crippen molar-refractivity contribution < 1.29 is 18.7 Å². The van der Waals surface area contributed by atoms with E-state index in [4.69, 9.17) is 5.11 Å². The number of benzene rings is 1. The van der Waals surface area contributed by atoms with Crippen molar-refractivity contribution in [3.05, 3.63) is 46.3 Å². The molecule has 0 aliphatic rings. The molecule has 76 valence electrons. The van der Waals surface area contributed by atoms with Gasteiger partial charge >= 0.3 is 11.6 Å². The quantitative estimate of drug-likeness (QED) is 0.773. The minimum absolute atomic E-state index is 0.0278. The highest BCUT2D eigenvalue weighted by Crippen LogP contribution is 2.15. The fraction of sp³-hybridized carbons (Fsp3) is 0. The van der Waals surface area contributed by atoms with E-state index in [9.17, 15) is 14.0 Å². The van der Waals surface area contributed by atoms with Gasteiger partial charge in [0.25, 0.3) is 0 Å². The van der Waals surface area contributed by atoms with E-state index in [1.807, 2.05) is 0 Å². The number of hydrogen-bond donors (Lipinski definition) is 1. The number of hydrogen-bond acceptors (Lipinski definition) is 3. The number of rotatable bonds is 1. The topological polar surface area (TPSA) is 67.5 Å². The Bertz CT molecular complexity index is 600. The van der Waals surface area contributed by atoms with Gasteiger partial charge in [0.1, 0.15) is 5.82 Å². The van der Waals surface area contributed by atoms with Gasteiger partial charge in [0, 0.05) is 5.39 Å². The fourth-order valence-electron chi connectivity index (χ4n) is 1.28. The normalized spacial score (nSPS) is 10.5. The molecule has 1 N–H and O–H groups in total. The predicted molar refractivity (Wildman–Crippen MR) is 49.4 cm³/mol. The van der Waals surface area contributed by atoms with E-state index in [1.165, 1.54) is 12.1 Å². The third-order valence-electron chi connectivity index (χ3n) is 1.96. The van der Waals surface area contributed by atoms with Gasteiger partial charge in [-0.3, -0.25) is 0 Å². The Balaban J connectivity index is 2.92. The van der Waals surface area contributed by atoms with Crippen LogP contribution in [0.3, 0.4) is 0 Å². The second-order valence-electron chi connectivity index (χ2n) is 2.90. The minimum atomic E-state index is -1.41. The van der Waals surface area contributed by atoms with E-state index in [0.717, 1.165) is 12.1 Å². The molecule has 0 saturated carbocycles. The summed E-state index contributed by atoms with van der Waals surface area (Å²) in [6, 6.07) is 4.87. The molecule has 0 aliphatic carbocycles. The average molecular weight is 208 g/mol. The largest absolute Gasteiger partial charge is 0.475 e. The highest BCUT2D eigenvalue weighted by molar-refractivity contribution is 5.90. The summed E-state index contributed by atoms with van der Waals surface area (Å²) in [4.78, 5) is 21.8. The molecule has 5 heteroatoms. The monoisotopic (exact) mass is 208 g/mol. The molecule has 0 aliphatic heterocycles. The molecule has 0 unspecified atom stereocenters. The molecule has 2 rings (SSSR count). The zero-order chi connectivity index (χ0) is 11.0. The smallest absolute Gasteiger partial charge is 0.371 e. The zero-order valence-electron chi connectivity index (χ0n) is 7.36. The summed E-state index contributed by atoms with van der Waals surface area (Å²) < 4.78 is 17.7. The molecule has 2 aromatic rings. The Morgan fingerprint density at radius 2 is 2.07 bits per heavy atom. The van der Waals surface area contributed by atoms with Crippen LogP contribution in [0.2, 0.25) is 0 Å². The van der Waals surface area contributed by atoms with Crippen molar-refractivity contribution in [2.75, 3.05) is 0 Å². The summed E-state index contributed by atoms with van der Waals surface area (Å²) >= 11 is 0. The van der Waals surface area contributed by atoms with Crippen LogP contribution in [0.5, 0.6) is 0 Å². The highest BCUT2D eigenvalue weighted by Gasteiger charge is 2.12. The van der Waals surface area contributed by atoms with Gasteiger partial charge in [0.05, 0.1) is 5.39 Å². The maximum atomic E-state index is 13.2. The van der Waals surface area contributed by atoms with Crippen LogP contribution in [-0.4, -0.2) is 11.1 Å². The van der Waals surface area contributed by atoms with Gasteiger partial charge in [0.15, 0.2) is 0 Å². The SMILES string of the molecule is O=C(O)c1cc2c(F)cccc2c(=O)o1. The predicted octanol–water partition coefficient (Wildman–Crippen LogP) is 1.63. The number of carboxylic acid groups (broad SMARTS) is 1. The lowest BCUT2D eigenvalue weighted by molar-refractivity contribution is 0.0658. The van der Waals surface area contributed by atoms with E-state index in [2.05, 4.69) is 4.42 Å². The molecule has 1 heterocycles. The number of fused-ring (bicyclic) bond motifs is 1. The number of halogens is 1. The van der Waals surface area contributed by atoms with Crippen molar-refractivity contribution in [3.63, 3.8) is 0 Å². The Labute approximate surface area is 82.6 Å². The molecule has 0 fully saturated rings. The summed E-state index contributed by atoms with van der Waals surface area (Å²) in [6.45, 7) is 0. The number of aromatic carboxylic acids is 1. The van der Waals surface area contributed by atoms with Crippen molar-refractivity contribution in [1.82, 2.24) is 0 Å². The van der Waals surface area contributed by atoms with Crippen molar-refractivity contribution >= 4 is 16.7 Å². The molecule has 0 saturated heterocycles. The van der Waals surface area contributed by atoms with Gasteiger partial charge < -0.3 is 9.52 Å². The van der Waals surface area contributed by atoms with E-state index >= 15 is 0 Å². The van der Waals surface area contributed by atoms with Gasteiger partial charge in [-0.05, 0) is 18.2 Å². The van der Waals surface area contributed by atoms with E-state index in [1.54, 1.807) is 0 Å². The van der Waals surface area contributed by atoms with Gasteiger partial charge in [-0.15, -0.1) is 0 Å². The summed E-state index contributed by atoms with van der Waals surface area (Å²) in [5, 5.41) is 8.58. The maximum Gasteiger partial charge on any atom is 0.371 e. The lowest BCUT2D eigenvalue weighted by atomic mass is 10.1.